The number of carbonyl (C=O) groups excluding carboxylic acids is 2. The van der Waals surface area contributed by atoms with Gasteiger partial charge in [-0.1, -0.05) is 41.7 Å². The van der Waals surface area contributed by atoms with Crippen molar-refractivity contribution in [3.05, 3.63) is 101 Å². The van der Waals surface area contributed by atoms with E-state index in [9.17, 15) is 14.7 Å². The minimum atomic E-state index is -0.943. The SMILES string of the molecule is Cc1nnc(N2C(=O)C(O)=C(C(=O)c3ccco3)[C@@H]2c2cccc(Oc3ccccc3)c2)s1. The first kappa shape index (κ1) is 20.7. The Hall–Kier alpha value is -4.24. The van der Waals surface area contributed by atoms with Crippen LogP contribution in [0.2, 0.25) is 0 Å². The van der Waals surface area contributed by atoms with Crippen LogP contribution in [-0.4, -0.2) is 27.0 Å². The maximum absolute atomic E-state index is 13.3. The molecule has 33 heavy (non-hydrogen) atoms. The Morgan fingerprint density at radius 2 is 1.85 bits per heavy atom. The van der Waals surface area contributed by atoms with E-state index in [0.717, 1.165) is 0 Å². The van der Waals surface area contributed by atoms with Crippen LogP contribution in [0.25, 0.3) is 0 Å². The van der Waals surface area contributed by atoms with Crippen molar-refractivity contribution in [1.82, 2.24) is 10.2 Å². The number of aromatic nitrogens is 2. The van der Waals surface area contributed by atoms with E-state index in [0.29, 0.717) is 22.1 Å². The first-order valence-corrected chi connectivity index (χ1v) is 10.8. The Morgan fingerprint density at radius 3 is 2.55 bits per heavy atom. The van der Waals surface area contributed by atoms with Gasteiger partial charge in [-0.3, -0.25) is 14.5 Å². The summed E-state index contributed by atoms with van der Waals surface area (Å²) in [6.45, 7) is 1.76. The summed E-state index contributed by atoms with van der Waals surface area (Å²) in [5, 5.41) is 19.7. The Morgan fingerprint density at radius 1 is 1.06 bits per heavy atom. The first-order chi connectivity index (χ1) is 16.0. The van der Waals surface area contributed by atoms with Crippen LogP contribution in [0.3, 0.4) is 0 Å². The lowest BCUT2D eigenvalue weighted by Gasteiger charge is -2.24. The third kappa shape index (κ3) is 3.79. The number of Topliss-reactive ketones (excluding diaryl/α,β-unsaturated/α-hetero) is 1. The van der Waals surface area contributed by atoms with E-state index in [1.165, 1.54) is 28.6 Å². The zero-order valence-electron chi connectivity index (χ0n) is 17.3. The number of rotatable bonds is 6. The molecule has 0 saturated carbocycles. The van der Waals surface area contributed by atoms with Crippen LogP contribution in [0.1, 0.15) is 27.2 Å². The molecule has 3 heterocycles. The lowest BCUT2D eigenvalue weighted by atomic mass is 9.95. The van der Waals surface area contributed by atoms with E-state index in [2.05, 4.69) is 10.2 Å². The number of furan rings is 1. The first-order valence-electron chi connectivity index (χ1n) is 10.0. The van der Waals surface area contributed by atoms with Crippen molar-refractivity contribution < 1.29 is 23.8 Å². The van der Waals surface area contributed by atoms with Crippen LogP contribution in [0.15, 0.2) is 88.7 Å². The minimum Gasteiger partial charge on any atom is -0.503 e. The van der Waals surface area contributed by atoms with Crippen molar-refractivity contribution in [2.45, 2.75) is 13.0 Å². The highest BCUT2D eigenvalue weighted by Crippen LogP contribution is 2.43. The summed E-state index contributed by atoms with van der Waals surface area (Å²) in [4.78, 5) is 27.6. The summed E-state index contributed by atoms with van der Waals surface area (Å²) in [5.74, 6) is -0.811. The van der Waals surface area contributed by atoms with E-state index in [1.807, 2.05) is 30.3 Å². The molecule has 0 unspecified atom stereocenters. The second-order valence-corrected chi connectivity index (χ2v) is 8.40. The van der Waals surface area contributed by atoms with Gasteiger partial charge < -0.3 is 14.3 Å². The molecule has 1 amide bonds. The number of anilines is 1. The van der Waals surface area contributed by atoms with Crippen molar-refractivity contribution >= 4 is 28.2 Å². The fourth-order valence-electron chi connectivity index (χ4n) is 3.65. The van der Waals surface area contributed by atoms with E-state index in [1.54, 1.807) is 37.3 Å². The van der Waals surface area contributed by atoms with Crippen LogP contribution >= 0.6 is 11.3 Å². The fourth-order valence-corrected chi connectivity index (χ4v) is 4.36. The zero-order chi connectivity index (χ0) is 22.9. The third-order valence-electron chi connectivity index (χ3n) is 5.07. The molecule has 8 nitrogen and oxygen atoms in total. The van der Waals surface area contributed by atoms with Crippen LogP contribution in [-0.2, 0) is 4.79 Å². The second kappa shape index (κ2) is 8.36. The number of ketones is 1. The molecule has 5 rings (SSSR count). The van der Waals surface area contributed by atoms with E-state index >= 15 is 0 Å². The van der Waals surface area contributed by atoms with Crippen LogP contribution in [0, 0.1) is 6.92 Å². The maximum Gasteiger partial charge on any atom is 0.296 e. The Kier molecular flexibility index (Phi) is 5.23. The summed E-state index contributed by atoms with van der Waals surface area (Å²) >= 11 is 1.19. The van der Waals surface area contributed by atoms with Crippen LogP contribution in [0.4, 0.5) is 5.13 Å². The summed E-state index contributed by atoms with van der Waals surface area (Å²) in [6, 6.07) is 18.3. The topological polar surface area (TPSA) is 106 Å². The Balaban J connectivity index is 1.61. The number of para-hydroxylation sites is 1. The fraction of sp³-hybridized carbons (Fsp3) is 0.0833. The quantitative estimate of drug-likeness (QED) is 0.404. The summed E-state index contributed by atoms with van der Waals surface area (Å²) < 4.78 is 11.2. The molecule has 4 aromatic rings. The van der Waals surface area contributed by atoms with Gasteiger partial charge in [-0.2, -0.15) is 0 Å². The molecular formula is C24H17N3O5S. The van der Waals surface area contributed by atoms with Gasteiger partial charge in [0, 0.05) is 0 Å². The van der Waals surface area contributed by atoms with E-state index in [4.69, 9.17) is 9.15 Å². The molecule has 1 aliphatic heterocycles. The monoisotopic (exact) mass is 459 g/mol. The molecular weight excluding hydrogens is 442 g/mol. The highest BCUT2D eigenvalue weighted by molar-refractivity contribution is 7.15. The van der Waals surface area contributed by atoms with Gasteiger partial charge in [0.25, 0.3) is 5.91 Å². The molecule has 9 heteroatoms. The molecule has 1 atom stereocenters. The van der Waals surface area contributed by atoms with Crippen LogP contribution in [0.5, 0.6) is 11.5 Å². The number of aliphatic hydroxyl groups is 1. The van der Waals surface area contributed by atoms with Crippen molar-refractivity contribution in [3.63, 3.8) is 0 Å². The summed E-state index contributed by atoms with van der Waals surface area (Å²) in [5.41, 5.74) is 0.461. The molecule has 0 spiro atoms. The molecule has 1 N–H and O–H groups in total. The molecule has 164 valence electrons. The Bertz CT molecular complexity index is 1360. The molecule has 0 aliphatic carbocycles. The molecule has 2 aromatic heterocycles. The molecule has 2 aromatic carbocycles. The average Bonchev–Trinajstić information content (AvgIpc) is 3.55. The second-order valence-electron chi connectivity index (χ2n) is 7.24. The number of benzene rings is 2. The molecule has 0 fully saturated rings. The van der Waals surface area contributed by atoms with E-state index < -0.39 is 23.5 Å². The molecule has 0 bridgehead atoms. The normalized spacial score (nSPS) is 15.8. The predicted molar refractivity (Wildman–Crippen MR) is 121 cm³/mol. The van der Waals surface area contributed by atoms with Gasteiger partial charge in [-0.05, 0) is 48.9 Å². The minimum absolute atomic E-state index is 0.0151. The van der Waals surface area contributed by atoms with Gasteiger partial charge in [0.15, 0.2) is 11.5 Å². The Labute approximate surface area is 192 Å². The summed E-state index contributed by atoms with van der Waals surface area (Å²) in [7, 11) is 0. The zero-order valence-corrected chi connectivity index (χ0v) is 18.2. The third-order valence-corrected chi connectivity index (χ3v) is 5.91. The van der Waals surface area contributed by atoms with Crippen molar-refractivity contribution in [3.8, 4) is 11.5 Å². The number of ether oxygens (including phenoxy) is 1. The summed E-state index contributed by atoms with van der Waals surface area (Å²) in [6.07, 6.45) is 1.36. The predicted octanol–water partition coefficient (Wildman–Crippen LogP) is 5.01. The number of hydrogen-bond donors (Lipinski definition) is 1. The number of aryl methyl sites for hydroxylation is 1. The van der Waals surface area contributed by atoms with E-state index in [-0.39, 0.29) is 16.5 Å². The lowest BCUT2D eigenvalue weighted by Crippen LogP contribution is -2.31. The number of carbonyl (C=O) groups is 2. The van der Waals surface area contributed by atoms with Gasteiger partial charge in [0.1, 0.15) is 16.5 Å². The number of nitrogens with zero attached hydrogens (tertiary/aromatic N) is 3. The number of aliphatic hydroxyl groups excluding tert-OH is 1. The molecule has 0 saturated heterocycles. The van der Waals surface area contributed by atoms with Crippen LogP contribution < -0.4 is 9.64 Å². The highest BCUT2D eigenvalue weighted by Gasteiger charge is 2.46. The van der Waals surface area contributed by atoms with Gasteiger partial charge in [-0.25, -0.2) is 0 Å². The highest BCUT2D eigenvalue weighted by atomic mass is 32.1. The van der Waals surface area contributed by atoms with Gasteiger partial charge in [0.2, 0.25) is 10.9 Å². The standard InChI is InChI=1S/C24H17N3O5S/c1-14-25-26-24(33-14)27-20(19(22(29)23(27)30)21(28)18-11-6-12-31-18)15-7-5-10-17(13-15)32-16-8-3-2-4-9-16/h2-13,20,29H,1H3/t20-/m0/s1. The van der Waals surface area contributed by atoms with Crippen molar-refractivity contribution in [2.24, 2.45) is 0 Å². The number of amides is 1. The van der Waals surface area contributed by atoms with Gasteiger partial charge >= 0.3 is 0 Å². The molecule has 0 radical (unpaired) electrons. The average molecular weight is 459 g/mol. The van der Waals surface area contributed by atoms with Gasteiger partial charge in [0.05, 0.1) is 17.9 Å². The maximum atomic E-state index is 13.3. The number of hydrogen-bond acceptors (Lipinski definition) is 8. The van der Waals surface area contributed by atoms with Crippen molar-refractivity contribution in [2.75, 3.05) is 4.90 Å². The van der Waals surface area contributed by atoms with Crippen molar-refractivity contribution in [1.29, 1.82) is 0 Å². The molecule has 1 aliphatic rings. The largest absolute Gasteiger partial charge is 0.503 e. The van der Waals surface area contributed by atoms with Gasteiger partial charge in [-0.15, -0.1) is 10.2 Å². The lowest BCUT2D eigenvalue weighted by molar-refractivity contribution is -0.117. The smallest absolute Gasteiger partial charge is 0.296 e.